The van der Waals surface area contributed by atoms with Crippen molar-refractivity contribution < 1.29 is 23.9 Å². The van der Waals surface area contributed by atoms with Gasteiger partial charge in [-0.05, 0) is 34.1 Å². The molecule has 0 saturated carbocycles. The van der Waals surface area contributed by atoms with E-state index in [1.807, 2.05) is 20.8 Å². The topological polar surface area (TPSA) is 106 Å². The van der Waals surface area contributed by atoms with E-state index >= 15 is 0 Å². The molecule has 3 rings (SSSR count). The van der Waals surface area contributed by atoms with Crippen LogP contribution in [0.4, 0.5) is 0 Å². The lowest BCUT2D eigenvalue weighted by atomic mass is 9.94. The predicted octanol–water partition coefficient (Wildman–Crippen LogP) is 0.521. The molecule has 0 spiro atoms. The molecule has 2 aliphatic heterocycles. The number of imidazole rings is 1. The van der Waals surface area contributed by atoms with Gasteiger partial charge in [0, 0.05) is 32.8 Å². The molecule has 172 valence electrons. The number of aromatic nitrogens is 2. The highest BCUT2D eigenvalue weighted by Gasteiger charge is 2.48. The number of rotatable bonds is 8. The van der Waals surface area contributed by atoms with Crippen LogP contribution < -0.4 is 5.32 Å². The first-order valence-corrected chi connectivity index (χ1v) is 10.9. The lowest BCUT2D eigenvalue weighted by Gasteiger charge is -2.43. The molecule has 10 heteroatoms. The van der Waals surface area contributed by atoms with Crippen molar-refractivity contribution in [1.29, 1.82) is 0 Å². The third-order valence-corrected chi connectivity index (χ3v) is 5.72. The van der Waals surface area contributed by atoms with Crippen molar-refractivity contribution in [1.82, 2.24) is 24.7 Å². The van der Waals surface area contributed by atoms with E-state index in [9.17, 15) is 14.4 Å². The predicted molar refractivity (Wildman–Crippen MR) is 113 cm³/mol. The third kappa shape index (κ3) is 4.74. The second kappa shape index (κ2) is 9.78. The second-order valence-electron chi connectivity index (χ2n) is 8.33. The second-order valence-corrected chi connectivity index (χ2v) is 8.33. The Morgan fingerprint density at radius 1 is 1.32 bits per heavy atom. The molecule has 1 atom stereocenters. The fourth-order valence-corrected chi connectivity index (χ4v) is 4.04. The summed E-state index contributed by atoms with van der Waals surface area (Å²) in [7, 11) is 0. The van der Waals surface area contributed by atoms with Crippen molar-refractivity contribution in [2.45, 2.75) is 52.3 Å². The number of nitrogens with zero attached hydrogens (tertiary/aromatic N) is 4. The number of carbonyl (C=O) groups excluding carboxylic acids is 3. The van der Waals surface area contributed by atoms with Gasteiger partial charge in [0.2, 0.25) is 5.91 Å². The normalized spacial score (nSPS) is 21.4. The van der Waals surface area contributed by atoms with E-state index in [0.29, 0.717) is 52.4 Å². The van der Waals surface area contributed by atoms with Crippen molar-refractivity contribution in [2.75, 3.05) is 46.0 Å². The van der Waals surface area contributed by atoms with Crippen LogP contribution in [0.5, 0.6) is 0 Å². The van der Waals surface area contributed by atoms with Gasteiger partial charge in [-0.25, -0.2) is 4.98 Å². The van der Waals surface area contributed by atoms with Gasteiger partial charge in [-0.15, -0.1) is 0 Å². The summed E-state index contributed by atoms with van der Waals surface area (Å²) in [4.78, 5) is 46.8. The molecule has 3 heterocycles. The SMILES string of the molecule is CCN1C(=O)c2c(C(=O)N3CCOCC3)ncn2CC1(C)C(=O)NCCCOC(C)C. The molecule has 0 aliphatic carbocycles. The average Bonchev–Trinajstić information content (AvgIpc) is 3.17. The van der Waals surface area contributed by atoms with E-state index in [1.54, 1.807) is 16.4 Å². The zero-order valence-corrected chi connectivity index (χ0v) is 18.8. The minimum atomic E-state index is -1.07. The Bertz CT molecular complexity index is 817. The van der Waals surface area contributed by atoms with Crippen LogP contribution >= 0.6 is 0 Å². The monoisotopic (exact) mass is 435 g/mol. The van der Waals surface area contributed by atoms with Crippen molar-refractivity contribution >= 4 is 17.7 Å². The van der Waals surface area contributed by atoms with Crippen LogP contribution in [0.1, 0.15) is 55.1 Å². The molecule has 0 aromatic carbocycles. The summed E-state index contributed by atoms with van der Waals surface area (Å²) >= 11 is 0. The maximum atomic E-state index is 13.4. The summed E-state index contributed by atoms with van der Waals surface area (Å²) in [5.41, 5.74) is -0.690. The van der Waals surface area contributed by atoms with E-state index in [-0.39, 0.29) is 41.8 Å². The number of hydrogen-bond acceptors (Lipinski definition) is 6. The molecule has 1 aromatic heterocycles. The molecule has 1 N–H and O–H groups in total. The molecule has 0 bridgehead atoms. The molecule has 1 saturated heterocycles. The molecule has 1 aromatic rings. The standard InChI is InChI=1S/C21H33N5O5/c1-5-26-19(28)17-16(18(27)24-8-11-30-12-9-24)23-14-25(17)13-21(26,4)20(29)22-7-6-10-31-15(2)3/h14-15H,5-13H2,1-4H3,(H,22,29). The van der Waals surface area contributed by atoms with Crippen molar-refractivity contribution in [3.05, 3.63) is 17.7 Å². The number of morpholine rings is 1. The Labute approximate surface area is 182 Å². The minimum Gasteiger partial charge on any atom is -0.379 e. The maximum Gasteiger partial charge on any atom is 0.275 e. The van der Waals surface area contributed by atoms with E-state index in [4.69, 9.17) is 9.47 Å². The van der Waals surface area contributed by atoms with Gasteiger partial charge in [-0.1, -0.05) is 0 Å². The lowest BCUT2D eigenvalue weighted by molar-refractivity contribution is -0.132. The molecule has 3 amide bonds. The third-order valence-electron chi connectivity index (χ3n) is 5.72. The van der Waals surface area contributed by atoms with Crippen LogP contribution in [0.15, 0.2) is 6.33 Å². The van der Waals surface area contributed by atoms with Crippen LogP contribution in [0.2, 0.25) is 0 Å². The van der Waals surface area contributed by atoms with Gasteiger partial charge in [0.15, 0.2) is 5.69 Å². The first kappa shape index (κ1) is 23.2. The Kier molecular flexibility index (Phi) is 7.32. The number of nitrogens with one attached hydrogen (secondary N) is 1. The number of ether oxygens (including phenoxy) is 2. The number of fused-ring (bicyclic) bond motifs is 1. The summed E-state index contributed by atoms with van der Waals surface area (Å²) in [5.74, 6) is -0.865. The first-order valence-electron chi connectivity index (χ1n) is 10.9. The van der Waals surface area contributed by atoms with Gasteiger partial charge in [-0.2, -0.15) is 0 Å². The minimum absolute atomic E-state index is 0.138. The van der Waals surface area contributed by atoms with Gasteiger partial charge in [0.05, 0.1) is 32.2 Å². The fourth-order valence-electron chi connectivity index (χ4n) is 4.04. The Balaban J connectivity index is 1.75. The molecule has 2 aliphatic rings. The summed E-state index contributed by atoms with van der Waals surface area (Å²) in [6, 6.07) is 0. The number of amides is 3. The summed E-state index contributed by atoms with van der Waals surface area (Å²) in [6.45, 7) is 11.0. The number of likely N-dealkylation sites (N-methyl/N-ethyl adjacent to an activating group) is 1. The largest absolute Gasteiger partial charge is 0.379 e. The Morgan fingerprint density at radius 3 is 2.68 bits per heavy atom. The summed E-state index contributed by atoms with van der Waals surface area (Å²) in [6.07, 6.45) is 2.32. The molecule has 1 unspecified atom stereocenters. The average molecular weight is 436 g/mol. The fraction of sp³-hybridized carbons (Fsp3) is 0.714. The van der Waals surface area contributed by atoms with Crippen LogP contribution in [-0.4, -0.2) is 94.7 Å². The zero-order valence-electron chi connectivity index (χ0n) is 18.8. The van der Waals surface area contributed by atoms with E-state index in [0.717, 1.165) is 0 Å². The molecular formula is C21H33N5O5. The maximum absolute atomic E-state index is 13.4. The van der Waals surface area contributed by atoms with Gasteiger partial charge in [0.25, 0.3) is 11.8 Å². The highest BCUT2D eigenvalue weighted by molar-refractivity contribution is 6.07. The van der Waals surface area contributed by atoms with Crippen LogP contribution in [-0.2, 0) is 20.8 Å². The zero-order chi connectivity index (χ0) is 22.6. The van der Waals surface area contributed by atoms with Gasteiger partial charge in [0.1, 0.15) is 11.2 Å². The highest BCUT2D eigenvalue weighted by Crippen LogP contribution is 2.29. The quantitative estimate of drug-likeness (QED) is 0.597. The van der Waals surface area contributed by atoms with Gasteiger partial charge < -0.3 is 29.2 Å². The van der Waals surface area contributed by atoms with E-state index < -0.39 is 5.54 Å². The van der Waals surface area contributed by atoms with E-state index in [2.05, 4.69) is 10.3 Å². The highest BCUT2D eigenvalue weighted by atomic mass is 16.5. The van der Waals surface area contributed by atoms with Crippen LogP contribution in [0.25, 0.3) is 0 Å². The Morgan fingerprint density at radius 2 is 2.03 bits per heavy atom. The number of carbonyl (C=O) groups is 3. The summed E-state index contributed by atoms with van der Waals surface area (Å²) < 4.78 is 12.4. The number of hydrogen-bond donors (Lipinski definition) is 1. The molecule has 1 fully saturated rings. The molecular weight excluding hydrogens is 402 g/mol. The van der Waals surface area contributed by atoms with E-state index in [1.165, 1.54) is 11.2 Å². The smallest absolute Gasteiger partial charge is 0.275 e. The lowest BCUT2D eigenvalue weighted by Crippen LogP contribution is -2.64. The molecule has 31 heavy (non-hydrogen) atoms. The summed E-state index contributed by atoms with van der Waals surface area (Å²) in [5, 5.41) is 2.93. The Hall–Kier alpha value is -2.46. The van der Waals surface area contributed by atoms with Crippen LogP contribution in [0.3, 0.4) is 0 Å². The first-order chi connectivity index (χ1) is 14.8. The van der Waals surface area contributed by atoms with Gasteiger partial charge in [-0.3, -0.25) is 14.4 Å². The van der Waals surface area contributed by atoms with Crippen molar-refractivity contribution in [3.63, 3.8) is 0 Å². The van der Waals surface area contributed by atoms with Crippen molar-refractivity contribution in [3.8, 4) is 0 Å². The molecule has 10 nitrogen and oxygen atoms in total. The van der Waals surface area contributed by atoms with Crippen LogP contribution in [0, 0.1) is 0 Å². The van der Waals surface area contributed by atoms with Crippen molar-refractivity contribution in [2.24, 2.45) is 0 Å². The van der Waals surface area contributed by atoms with Gasteiger partial charge >= 0.3 is 0 Å². The molecule has 0 radical (unpaired) electrons.